The summed E-state index contributed by atoms with van der Waals surface area (Å²) < 4.78 is 1.76. The van der Waals surface area contributed by atoms with Crippen LogP contribution >= 0.6 is 0 Å². The van der Waals surface area contributed by atoms with Gasteiger partial charge in [-0.3, -0.25) is 19.3 Å². The number of nitrogens with zero attached hydrogens (tertiary/aromatic N) is 4. The van der Waals surface area contributed by atoms with Crippen molar-refractivity contribution in [3.63, 3.8) is 0 Å². The number of hydrogen-bond donors (Lipinski definition) is 1. The molecule has 0 saturated carbocycles. The van der Waals surface area contributed by atoms with E-state index in [1.54, 1.807) is 16.9 Å². The Labute approximate surface area is 150 Å². The Hall–Kier alpha value is -2.96. The van der Waals surface area contributed by atoms with Gasteiger partial charge in [0.25, 0.3) is 11.5 Å². The number of carbonyl (C=O) groups is 1. The molecule has 7 nitrogen and oxygen atoms in total. The van der Waals surface area contributed by atoms with Crippen molar-refractivity contribution in [1.82, 2.24) is 24.6 Å². The second-order valence-electron chi connectivity index (χ2n) is 6.62. The first-order valence-corrected chi connectivity index (χ1v) is 8.96. The van der Waals surface area contributed by atoms with Crippen molar-refractivity contribution in [3.05, 3.63) is 58.4 Å². The smallest absolute Gasteiger partial charge is 0.274 e. The Kier molecular flexibility index (Phi) is 4.28. The first-order chi connectivity index (χ1) is 12.7. The van der Waals surface area contributed by atoms with E-state index >= 15 is 0 Å². The predicted molar refractivity (Wildman–Crippen MR) is 98.1 cm³/mol. The standard InChI is InChI=1S/C19H21N5O2/c1-2-24-11-7-15(22-24)19(26)23-9-5-13(6-10-23)16-12-14-4-3-8-20-17(14)18(25)21-16/h3-4,7-8,11-13H,2,5-6,9-10H2,1H3,(H,21,25). The molecule has 0 bridgehead atoms. The second-order valence-corrected chi connectivity index (χ2v) is 6.62. The summed E-state index contributed by atoms with van der Waals surface area (Å²) in [5, 5.41) is 5.15. The number of fused-ring (bicyclic) bond motifs is 1. The maximum absolute atomic E-state index is 12.6. The molecule has 0 spiro atoms. The van der Waals surface area contributed by atoms with E-state index in [1.165, 1.54) is 0 Å². The van der Waals surface area contributed by atoms with E-state index in [4.69, 9.17) is 0 Å². The van der Waals surface area contributed by atoms with Crippen molar-refractivity contribution in [2.24, 2.45) is 0 Å². The number of likely N-dealkylation sites (tertiary alicyclic amines) is 1. The minimum absolute atomic E-state index is 0.0214. The molecule has 0 atom stereocenters. The van der Waals surface area contributed by atoms with Crippen LogP contribution in [0.4, 0.5) is 0 Å². The molecule has 0 aliphatic carbocycles. The van der Waals surface area contributed by atoms with Gasteiger partial charge in [0.05, 0.1) is 0 Å². The van der Waals surface area contributed by atoms with E-state index in [2.05, 4.69) is 15.1 Å². The zero-order valence-corrected chi connectivity index (χ0v) is 14.7. The fraction of sp³-hybridized carbons (Fsp3) is 0.368. The average Bonchev–Trinajstić information content (AvgIpc) is 3.17. The molecule has 0 radical (unpaired) electrons. The topological polar surface area (TPSA) is 83.9 Å². The number of hydrogen-bond acceptors (Lipinski definition) is 4. The van der Waals surface area contributed by atoms with Gasteiger partial charge in [0.1, 0.15) is 11.2 Å². The van der Waals surface area contributed by atoms with Crippen LogP contribution in [0.1, 0.15) is 41.9 Å². The lowest BCUT2D eigenvalue weighted by Crippen LogP contribution is -2.38. The molecule has 1 fully saturated rings. The van der Waals surface area contributed by atoms with Gasteiger partial charge < -0.3 is 9.88 Å². The highest BCUT2D eigenvalue weighted by Gasteiger charge is 2.26. The SMILES string of the molecule is CCn1ccc(C(=O)N2CCC(c3cc4cccnc4c(=O)[nH]3)CC2)n1. The van der Waals surface area contributed by atoms with E-state index in [0.29, 0.717) is 24.3 Å². The summed E-state index contributed by atoms with van der Waals surface area (Å²) in [7, 11) is 0. The molecule has 1 saturated heterocycles. The molecule has 0 aromatic carbocycles. The van der Waals surface area contributed by atoms with Crippen LogP contribution in [0.15, 0.2) is 41.5 Å². The molecule has 4 rings (SSSR count). The first-order valence-electron chi connectivity index (χ1n) is 8.96. The largest absolute Gasteiger partial charge is 0.337 e. The van der Waals surface area contributed by atoms with Gasteiger partial charge in [-0.25, -0.2) is 0 Å². The van der Waals surface area contributed by atoms with Gasteiger partial charge in [-0.15, -0.1) is 0 Å². The van der Waals surface area contributed by atoms with Crippen LogP contribution in [-0.4, -0.2) is 43.6 Å². The summed E-state index contributed by atoms with van der Waals surface area (Å²) in [5.41, 5.74) is 1.74. The summed E-state index contributed by atoms with van der Waals surface area (Å²) in [6, 6.07) is 7.52. The van der Waals surface area contributed by atoms with E-state index in [-0.39, 0.29) is 17.4 Å². The molecule has 1 amide bonds. The summed E-state index contributed by atoms with van der Waals surface area (Å²) >= 11 is 0. The lowest BCUT2D eigenvalue weighted by molar-refractivity contribution is 0.0705. The third-order valence-electron chi connectivity index (χ3n) is 5.03. The first kappa shape index (κ1) is 16.5. The van der Waals surface area contributed by atoms with Crippen molar-refractivity contribution in [3.8, 4) is 0 Å². The maximum atomic E-state index is 12.6. The third-order valence-corrected chi connectivity index (χ3v) is 5.03. The van der Waals surface area contributed by atoms with Crippen molar-refractivity contribution in [2.45, 2.75) is 32.2 Å². The zero-order valence-electron chi connectivity index (χ0n) is 14.7. The Morgan fingerprint density at radius 3 is 2.85 bits per heavy atom. The quantitative estimate of drug-likeness (QED) is 0.784. The van der Waals surface area contributed by atoms with Crippen LogP contribution in [-0.2, 0) is 6.54 Å². The van der Waals surface area contributed by atoms with Crippen LogP contribution in [0.2, 0.25) is 0 Å². The van der Waals surface area contributed by atoms with E-state index in [1.807, 2.05) is 36.2 Å². The van der Waals surface area contributed by atoms with Crippen LogP contribution < -0.4 is 5.56 Å². The van der Waals surface area contributed by atoms with Gasteiger partial charge in [0, 0.05) is 49.0 Å². The number of H-pyrrole nitrogens is 1. The zero-order chi connectivity index (χ0) is 18.1. The summed E-state index contributed by atoms with van der Waals surface area (Å²) in [4.78, 5) is 33.8. The summed E-state index contributed by atoms with van der Waals surface area (Å²) in [5.74, 6) is 0.219. The fourth-order valence-electron chi connectivity index (χ4n) is 3.55. The molecule has 4 heterocycles. The number of carbonyl (C=O) groups excluding carboxylic acids is 1. The lowest BCUT2D eigenvalue weighted by atomic mass is 9.92. The molecule has 1 aliphatic heterocycles. The molecule has 26 heavy (non-hydrogen) atoms. The average molecular weight is 351 g/mol. The van der Waals surface area contributed by atoms with Crippen LogP contribution in [0.5, 0.6) is 0 Å². The highest BCUT2D eigenvalue weighted by atomic mass is 16.2. The highest BCUT2D eigenvalue weighted by Crippen LogP contribution is 2.28. The minimum Gasteiger partial charge on any atom is -0.337 e. The Morgan fingerprint density at radius 2 is 2.12 bits per heavy atom. The normalized spacial score (nSPS) is 15.5. The molecule has 3 aromatic rings. The number of aromatic nitrogens is 4. The number of pyridine rings is 2. The van der Waals surface area contributed by atoms with Crippen LogP contribution in [0.3, 0.4) is 0 Å². The van der Waals surface area contributed by atoms with Gasteiger partial charge in [-0.05, 0) is 38.0 Å². The molecule has 134 valence electrons. The molecule has 3 aromatic heterocycles. The molecular weight excluding hydrogens is 330 g/mol. The van der Waals surface area contributed by atoms with E-state index in [9.17, 15) is 9.59 Å². The van der Waals surface area contributed by atoms with E-state index in [0.717, 1.165) is 30.5 Å². The number of aryl methyl sites for hydroxylation is 1. The van der Waals surface area contributed by atoms with Gasteiger partial charge in [-0.2, -0.15) is 5.10 Å². The van der Waals surface area contributed by atoms with Crippen molar-refractivity contribution in [1.29, 1.82) is 0 Å². The van der Waals surface area contributed by atoms with Crippen molar-refractivity contribution >= 4 is 16.8 Å². The van der Waals surface area contributed by atoms with Gasteiger partial charge in [-0.1, -0.05) is 6.07 Å². The van der Waals surface area contributed by atoms with Gasteiger partial charge in [0.2, 0.25) is 0 Å². The number of piperidine rings is 1. The monoisotopic (exact) mass is 351 g/mol. The van der Waals surface area contributed by atoms with Gasteiger partial charge >= 0.3 is 0 Å². The lowest BCUT2D eigenvalue weighted by Gasteiger charge is -2.31. The summed E-state index contributed by atoms with van der Waals surface area (Å²) in [6.45, 7) is 4.07. The van der Waals surface area contributed by atoms with Crippen molar-refractivity contribution in [2.75, 3.05) is 13.1 Å². The Balaban J connectivity index is 1.48. The number of nitrogens with one attached hydrogen (secondary N) is 1. The summed E-state index contributed by atoms with van der Waals surface area (Å²) in [6.07, 6.45) is 5.10. The fourth-order valence-corrected chi connectivity index (χ4v) is 3.55. The highest BCUT2D eigenvalue weighted by molar-refractivity contribution is 5.92. The molecular formula is C19H21N5O2. The van der Waals surface area contributed by atoms with E-state index < -0.39 is 0 Å². The van der Waals surface area contributed by atoms with Crippen molar-refractivity contribution < 1.29 is 4.79 Å². The second kappa shape index (κ2) is 6.74. The van der Waals surface area contributed by atoms with Crippen LogP contribution in [0, 0.1) is 0 Å². The van der Waals surface area contributed by atoms with Gasteiger partial charge in [0.15, 0.2) is 0 Å². The Morgan fingerprint density at radius 1 is 1.31 bits per heavy atom. The van der Waals surface area contributed by atoms with Crippen LogP contribution in [0.25, 0.3) is 10.9 Å². The minimum atomic E-state index is -0.151. The third kappa shape index (κ3) is 3.00. The molecule has 1 N–H and O–H groups in total. The number of rotatable bonds is 3. The number of aromatic amines is 1. The maximum Gasteiger partial charge on any atom is 0.274 e. The molecule has 7 heteroatoms. The predicted octanol–water partition coefficient (Wildman–Crippen LogP) is 2.16. The number of amides is 1. The Bertz CT molecular complexity index is 998. The molecule has 0 unspecified atom stereocenters. The molecule has 1 aliphatic rings.